The third kappa shape index (κ3) is 5.21. The van der Waals surface area contributed by atoms with E-state index in [0.29, 0.717) is 16.4 Å². The molecule has 3 rings (SSSR count). The van der Waals surface area contributed by atoms with Crippen LogP contribution in [0.4, 0.5) is 11.4 Å². The van der Waals surface area contributed by atoms with E-state index in [4.69, 9.17) is 28.3 Å². The number of halogens is 2. The molecule has 1 atom stereocenters. The highest BCUT2D eigenvalue weighted by atomic mass is 35.5. The summed E-state index contributed by atoms with van der Waals surface area (Å²) in [7, 11) is 0. The number of carboxylic acid groups (broad SMARTS) is 1. The predicted octanol–water partition coefficient (Wildman–Crippen LogP) is 4.00. The van der Waals surface area contributed by atoms with Crippen molar-refractivity contribution < 1.29 is 24.3 Å². The van der Waals surface area contributed by atoms with Crippen LogP contribution < -0.4 is 10.2 Å². The van der Waals surface area contributed by atoms with Gasteiger partial charge in [-0.25, -0.2) is 9.69 Å². The molecule has 1 heterocycles. The van der Waals surface area contributed by atoms with E-state index in [1.54, 1.807) is 30.3 Å². The van der Waals surface area contributed by atoms with Crippen LogP contribution in [0.25, 0.3) is 0 Å². The average Bonchev–Trinajstić information content (AvgIpc) is 2.97. The number of carboxylic acids is 1. The summed E-state index contributed by atoms with van der Waals surface area (Å²) in [5.74, 6) is -2.47. The summed E-state index contributed by atoms with van der Waals surface area (Å²) in [6, 6.07) is 11.2. The van der Waals surface area contributed by atoms with Crippen LogP contribution in [-0.2, 0) is 19.2 Å². The highest BCUT2D eigenvalue weighted by Crippen LogP contribution is 2.36. The standard InChI is InChI=1S/C20H14Cl2N2O5S/c21-14-6-3-12(9-15(14)22)24-18(26)10-16(20(24)29)30-13-4-1-11(2-5-13)23-17(25)7-8-19(27)28/h1-9,16H,10H2,(H,23,25)(H,27,28)/b8-7+/t16-/m0/s1. The third-order valence-corrected chi connectivity index (χ3v) is 5.98. The lowest BCUT2D eigenvalue weighted by molar-refractivity contribution is -0.131. The van der Waals surface area contributed by atoms with Gasteiger partial charge in [0.25, 0.3) is 0 Å². The highest BCUT2D eigenvalue weighted by Gasteiger charge is 2.40. The lowest BCUT2D eigenvalue weighted by Crippen LogP contribution is -2.31. The summed E-state index contributed by atoms with van der Waals surface area (Å²) in [5, 5.41) is 11.0. The molecule has 0 radical (unpaired) electrons. The Bertz CT molecular complexity index is 1060. The van der Waals surface area contributed by atoms with Gasteiger partial charge in [0, 0.05) is 29.2 Å². The van der Waals surface area contributed by atoms with Gasteiger partial charge >= 0.3 is 5.97 Å². The molecular weight excluding hydrogens is 451 g/mol. The maximum atomic E-state index is 12.8. The topological polar surface area (TPSA) is 104 Å². The Morgan fingerprint density at radius 2 is 1.77 bits per heavy atom. The van der Waals surface area contributed by atoms with Crippen LogP contribution in [0.2, 0.25) is 10.0 Å². The zero-order valence-electron chi connectivity index (χ0n) is 15.2. The van der Waals surface area contributed by atoms with E-state index in [1.807, 2.05) is 0 Å². The number of nitrogens with one attached hydrogen (secondary N) is 1. The minimum absolute atomic E-state index is 0.0439. The smallest absolute Gasteiger partial charge is 0.328 e. The van der Waals surface area contributed by atoms with Crippen molar-refractivity contribution in [2.24, 2.45) is 0 Å². The first-order chi connectivity index (χ1) is 14.2. The molecule has 7 nitrogen and oxygen atoms in total. The molecule has 0 bridgehead atoms. The zero-order valence-corrected chi connectivity index (χ0v) is 17.5. The van der Waals surface area contributed by atoms with Gasteiger partial charge in [-0.1, -0.05) is 23.2 Å². The average molecular weight is 465 g/mol. The van der Waals surface area contributed by atoms with Crippen molar-refractivity contribution in [1.29, 1.82) is 0 Å². The zero-order chi connectivity index (χ0) is 21.8. The van der Waals surface area contributed by atoms with Gasteiger partial charge < -0.3 is 10.4 Å². The van der Waals surface area contributed by atoms with E-state index in [0.717, 1.165) is 21.9 Å². The lowest BCUT2D eigenvalue weighted by Gasteiger charge is -2.15. The Kier molecular flexibility index (Phi) is 6.81. The van der Waals surface area contributed by atoms with Crippen LogP contribution in [0, 0.1) is 0 Å². The minimum Gasteiger partial charge on any atom is -0.478 e. The second kappa shape index (κ2) is 9.34. The molecule has 1 saturated heterocycles. The van der Waals surface area contributed by atoms with E-state index in [1.165, 1.54) is 23.9 Å². The molecule has 2 N–H and O–H groups in total. The molecule has 1 aliphatic rings. The first kappa shape index (κ1) is 21.9. The number of carbonyl (C=O) groups is 4. The van der Waals surface area contributed by atoms with Crippen molar-refractivity contribution >= 4 is 70.0 Å². The number of hydrogen-bond acceptors (Lipinski definition) is 5. The molecule has 0 aliphatic carbocycles. The largest absolute Gasteiger partial charge is 0.478 e. The quantitative estimate of drug-likeness (QED) is 0.494. The Balaban J connectivity index is 1.66. The van der Waals surface area contributed by atoms with Crippen LogP contribution in [0.1, 0.15) is 6.42 Å². The molecule has 2 aromatic carbocycles. The fraction of sp³-hybridized carbons (Fsp3) is 0.100. The number of carbonyl (C=O) groups excluding carboxylic acids is 3. The van der Waals surface area contributed by atoms with E-state index in [9.17, 15) is 19.2 Å². The van der Waals surface area contributed by atoms with E-state index >= 15 is 0 Å². The Labute approximate surface area is 185 Å². The van der Waals surface area contributed by atoms with Gasteiger partial charge in [-0.3, -0.25) is 14.4 Å². The second-order valence-corrected chi connectivity index (χ2v) is 8.25. The number of thioether (sulfide) groups is 1. The molecule has 30 heavy (non-hydrogen) atoms. The van der Waals surface area contributed by atoms with Crippen molar-refractivity contribution in [2.45, 2.75) is 16.6 Å². The Morgan fingerprint density at radius 1 is 1.07 bits per heavy atom. The molecule has 0 spiro atoms. The van der Waals surface area contributed by atoms with Gasteiger partial charge in [-0.05, 0) is 42.5 Å². The SMILES string of the molecule is O=C(O)/C=C/C(=O)Nc1ccc(S[C@H]2CC(=O)N(c3ccc(Cl)c(Cl)c3)C2=O)cc1. The summed E-state index contributed by atoms with van der Waals surface area (Å²) in [4.78, 5) is 49.0. The summed E-state index contributed by atoms with van der Waals surface area (Å²) in [5.41, 5.74) is 0.834. The van der Waals surface area contributed by atoms with Gasteiger partial charge in [-0.15, -0.1) is 11.8 Å². The molecule has 0 aromatic heterocycles. The number of aliphatic carboxylic acids is 1. The molecule has 1 fully saturated rings. The molecule has 10 heteroatoms. The maximum Gasteiger partial charge on any atom is 0.328 e. The second-order valence-electron chi connectivity index (χ2n) is 6.16. The van der Waals surface area contributed by atoms with Gasteiger partial charge in [0.15, 0.2) is 0 Å². The van der Waals surface area contributed by atoms with E-state index in [2.05, 4.69) is 5.32 Å². The van der Waals surface area contributed by atoms with Crippen LogP contribution >= 0.6 is 35.0 Å². The van der Waals surface area contributed by atoms with Crippen LogP contribution in [0.3, 0.4) is 0 Å². The van der Waals surface area contributed by atoms with Crippen molar-refractivity contribution in [3.8, 4) is 0 Å². The van der Waals surface area contributed by atoms with Crippen LogP contribution in [0.15, 0.2) is 59.5 Å². The summed E-state index contributed by atoms with van der Waals surface area (Å²) in [6.07, 6.45) is 1.69. The third-order valence-electron chi connectivity index (χ3n) is 4.04. The van der Waals surface area contributed by atoms with Gasteiger partial charge in [-0.2, -0.15) is 0 Å². The van der Waals surface area contributed by atoms with E-state index < -0.39 is 17.1 Å². The maximum absolute atomic E-state index is 12.8. The predicted molar refractivity (Wildman–Crippen MR) is 115 cm³/mol. The first-order valence-corrected chi connectivity index (χ1v) is 10.2. The van der Waals surface area contributed by atoms with Crippen molar-refractivity contribution in [3.63, 3.8) is 0 Å². The van der Waals surface area contributed by atoms with Crippen molar-refractivity contribution in [3.05, 3.63) is 64.7 Å². The van der Waals surface area contributed by atoms with Crippen LogP contribution in [0.5, 0.6) is 0 Å². The number of rotatable bonds is 6. The number of nitrogens with zero attached hydrogens (tertiary/aromatic N) is 1. The van der Waals surface area contributed by atoms with Crippen molar-refractivity contribution in [2.75, 3.05) is 10.2 Å². The highest BCUT2D eigenvalue weighted by molar-refractivity contribution is 8.00. The Hall–Kier alpha value is -2.81. The number of benzene rings is 2. The lowest BCUT2D eigenvalue weighted by atomic mass is 10.3. The fourth-order valence-electron chi connectivity index (χ4n) is 2.70. The summed E-state index contributed by atoms with van der Waals surface area (Å²) < 4.78 is 0. The molecule has 154 valence electrons. The van der Waals surface area contributed by atoms with Gasteiger partial charge in [0.2, 0.25) is 17.7 Å². The molecule has 2 aromatic rings. The summed E-state index contributed by atoms with van der Waals surface area (Å²) >= 11 is 13.1. The monoisotopic (exact) mass is 464 g/mol. The molecule has 1 aliphatic heterocycles. The van der Waals surface area contributed by atoms with Gasteiger partial charge in [0.05, 0.1) is 21.0 Å². The molecule has 3 amide bonds. The van der Waals surface area contributed by atoms with Gasteiger partial charge in [0.1, 0.15) is 0 Å². The molecular formula is C20H14Cl2N2O5S. The number of amides is 3. The fourth-order valence-corrected chi connectivity index (χ4v) is 4.05. The van der Waals surface area contributed by atoms with Crippen molar-refractivity contribution in [1.82, 2.24) is 0 Å². The Morgan fingerprint density at radius 3 is 2.40 bits per heavy atom. The van der Waals surface area contributed by atoms with Crippen LogP contribution in [-0.4, -0.2) is 34.0 Å². The van der Waals surface area contributed by atoms with E-state index in [-0.39, 0.29) is 23.3 Å². The number of imide groups is 1. The first-order valence-electron chi connectivity index (χ1n) is 8.55. The minimum atomic E-state index is -1.22. The number of hydrogen-bond donors (Lipinski definition) is 2. The number of anilines is 2. The normalized spacial score (nSPS) is 16.3. The molecule has 0 unspecified atom stereocenters. The molecule has 0 saturated carbocycles. The summed E-state index contributed by atoms with van der Waals surface area (Å²) in [6.45, 7) is 0.